The van der Waals surface area contributed by atoms with E-state index >= 15 is 0 Å². The summed E-state index contributed by atoms with van der Waals surface area (Å²) >= 11 is 2.03. The Hall–Kier alpha value is -1.49. The number of methoxy groups -OCH3 is 1. The molecule has 20 heavy (non-hydrogen) atoms. The number of carbonyl (C=O) groups excluding carboxylic acids is 1. The quantitative estimate of drug-likeness (QED) is 0.815. The van der Waals surface area contributed by atoms with E-state index in [0.717, 1.165) is 17.8 Å². The van der Waals surface area contributed by atoms with Gasteiger partial charge in [-0.25, -0.2) is 9.78 Å². The van der Waals surface area contributed by atoms with Crippen LogP contribution in [0.2, 0.25) is 0 Å². The third-order valence-electron chi connectivity index (χ3n) is 3.83. The maximum Gasteiger partial charge on any atom is 0.355 e. The van der Waals surface area contributed by atoms with Crippen LogP contribution in [-0.2, 0) is 11.2 Å². The van der Waals surface area contributed by atoms with Crippen molar-refractivity contribution in [1.82, 2.24) is 9.38 Å². The third kappa shape index (κ3) is 2.54. The summed E-state index contributed by atoms with van der Waals surface area (Å²) in [5, 5.41) is 0. The molecule has 0 atom stereocenters. The molecular formula is C15H18N2O2S. The number of fused-ring (bicyclic) bond motifs is 1. The molecule has 0 bridgehead atoms. The van der Waals surface area contributed by atoms with Gasteiger partial charge in [0.25, 0.3) is 0 Å². The molecular weight excluding hydrogens is 272 g/mol. The number of hydrogen-bond donors (Lipinski definition) is 0. The molecule has 0 amide bonds. The second-order valence-corrected chi connectivity index (χ2v) is 6.32. The first-order valence-corrected chi connectivity index (χ1v) is 8.06. The maximum absolute atomic E-state index is 11.9. The maximum atomic E-state index is 11.9. The van der Waals surface area contributed by atoms with Crippen molar-refractivity contribution in [2.75, 3.05) is 18.6 Å². The number of thioether (sulfide) groups is 1. The van der Waals surface area contributed by atoms with E-state index in [1.165, 1.54) is 31.5 Å². The van der Waals surface area contributed by atoms with E-state index in [0.29, 0.717) is 11.6 Å². The van der Waals surface area contributed by atoms with Crippen molar-refractivity contribution >= 4 is 23.2 Å². The predicted molar refractivity (Wildman–Crippen MR) is 80.3 cm³/mol. The van der Waals surface area contributed by atoms with Crippen LogP contribution in [0.1, 0.15) is 29.2 Å². The van der Waals surface area contributed by atoms with Crippen LogP contribution in [0.25, 0.3) is 5.52 Å². The van der Waals surface area contributed by atoms with E-state index in [1.807, 2.05) is 34.5 Å². The van der Waals surface area contributed by atoms with Crippen molar-refractivity contribution in [2.45, 2.75) is 19.3 Å². The van der Waals surface area contributed by atoms with Crippen molar-refractivity contribution in [2.24, 2.45) is 5.92 Å². The zero-order valence-corrected chi connectivity index (χ0v) is 12.4. The lowest BCUT2D eigenvalue weighted by molar-refractivity contribution is 0.0592. The number of nitrogens with zero attached hydrogens (tertiary/aromatic N) is 2. The average Bonchev–Trinajstić information content (AvgIpc) is 2.91. The van der Waals surface area contributed by atoms with Crippen LogP contribution < -0.4 is 0 Å². The van der Waals surface area contributed by atoms with Crippen molar-refractivity contribution < 1.29 is 9.53 Å². The van der Waals surface area contributed by atoms with E-state index in [2.05, 4.69) is 4.98 Å². The van der Waals surface area contributed by atoms with Gasteiger partial charge in [0.05, 0.1) is 18.8 Å². The summed E-state index contributed by atoms with van der Waals surface area (Å²) in [6, 6.07) is 5.63. The first-order chi connectivity index (χ1) is 9.79. The van der Waals surface area contributed by atoms with Crippen molar-refractivity contribution in [1.29, 1.82) is 0 Å². The summed E-state index contributed by atoms with van der Waals surface area (Å²) in [7, 11) is 1.41. The minimum Gasteiger partial charge on any atom is -0.464 e. The van der Waals surface area contributed by atoms with Crippen molar-refractivity contribution in [3.63, 3.8) is 0 Å². The zero-order chi connectivity index (χ0) is 13.9. The Kier molecular flexibility index (Phi) is 3.96. The average molecular weight is 290 g/mol. The van der Waals surface area contributed by atoms with Crippen molar-refractivity contribution in [3.05, 3.63) is 35.9 Å². The molecule has 5 heteroatoms. The van der Waals surface area contributed by atoms with Gasteiger partial charge in [-0.15, -0.1) is 0 Å². The van der Waals surface area contributed by atoms with Crippen LogP contribution in [0.4, 0.5) is 0 Å². The molecule has 1 saturated heterocycles. The number of ether oxygens (including phenoxy) is 1. The van der Waals surface area contributed by atoms with E-state index in [-0.39, 0.29) is 5.97 Å². The monoisotopic (exact) mass is 290 g/mol. The zero-order valence-electron chi connectivity index (χ0n) is 11.5. The molecule has 1 aliphatic heterocycles. The lowest BCUT2D eigenvalue weighted by atomic mass is 9.98. The van der Waals surface area contributed by atoms with Gasteiger partial charge in [-0.05, 0) is 42.4 Å². The summed E-state index contributed by atoms with van der Waals surface area (Å²) in [5.41, 5.74) is 1.51. The molecule has 0 spiro atoms. The van der Waals surface area contributed by atoms with Gasteiger partial charge in [-0.1, -0.05) is 6.07 Å². The highest BCUT2D eigenvalue weighted by atomic mass is 32.2. The Morgan fingerprint density at radius 1 is 1.45 bits per heavy atom. The van der Waals surface area contributed by atoms with Gasteiger partial charge in [0.1, 0.15) is 11.5 Å². The standard InChI is InChI=1S/C15H18N2O2S/c1-19-15(18)13-4-2-3-12-10-16-14(17(12)13)9-11-5-7-20-8-6-11/h2-4,10-11H,5-9H2,1H3. The smallest absolute Gasteiger partial charge is 0.355 e. The number of carbonyl (C=O) groups is 1. The molecule has 3 rings (SSSR count). The van der Waals surface area contributed by atoms with Crippen LogP contribution >= 0.6 is 11.8 Å². The number of esters is 1. The van der Waals surface area contributed by atoms with Crippen LogP contribution in [0.5, 0.6) is 0 Å². The summed E-state index contributed by atoms with van der Waals surface area (Å²) < 4.78 is 6.81. The Balaban J connectivity index is 1.96. The van der Waals surface area contributed by atoms with Gasteiger partial charge >= 0.3 is 5.97 Å². The summed E-state index contributed by atoms with van der Waals surface area (Å²) in [5.74, 6) is 3.80. The Bertz CT molecular complexity index is 617. The van der Waals surface area contributed by atoms with E-state index in [1.54, 1.807) is 6.07 Å². The van der Waals surface area contributed by atoms with E-state index in [9.17, 15) is 4.79 Å². The summed E-state index contributed by atoms with van der Waals surface area (Å²) in [6.45, 7) is 0. The highest BCUT2D eigenvalue weighted by Crippen LogP contribution is 2.26. The molecule has 1 fully saturated rings. The van der Waals surface area contributed by atoms with Crippen LogP contribution in [0, 0.1) is 5.92 Å². The second kappa shape index (κ2) is 5.87. The highest BCUT2D eigenvalue weighted by Gasteiger charge is 2.19. The molecule has 0 saturated carbocycles. The summed E-state index contributed by atoms with van der Waals surface area (Å²) in [4.78, 5) is 16.4. The molecule has 0 unspecified atom stereocenters. The van der Waals surface area contributed by atoms with Gasteiger partial charge in [0.2, 0.25) is 0 Å². The Morgan fingerprint density at radius 2 is 2.25 bits per heavy atom. The summed E-state index contributed by atoms with van der Waals surface area (Å²) in [6.07, 6.45) is 5.24. The Labute approximate surface area is 122 Å². The number of aromatic nitrogens is 2. The molecule has 4 nitrogen and oxygen atoms in total. The van der Waals surface area contributed by atoms with E-state index in [4.69, 9.17) is 4.74 Å². The molecule has 3 heterocycles. The molecule has 2 aromatic heterocycles. The van der Waals surface area contributed by atoms with Gasteiger partial charge in [0.15, 0.2) is 0 Å². The highest BCUT2D eigenvalue weighted by molar-refractivity contribution is 7.99. The fourth-order valence-corrected chi connectivity index (χ4v) is 3.93. The molecule has 106 valence electrons. The molecule has 0 radical (unpaired) electrons. The fraction of sp³-hybridized carbons (Fsp3) is 0.467. The normalized spacial score (nSPS) is 16.4. The van der Waals surface area contributed by atoms with Gasteiger partial charge < -0.3 is 4.74 Å². The number of rotatable bonds is 3. The van der Waals surface area contributed by atoms with Crippen LogP contribution in [0.3, 0.4) is 0 Å². The first-order valence-electron chi connectivity index (χ1n) is 6.91. The molecule has 0 aromatic carbocycles. The number of hydrogen-bond acceptors (Lipinski definition) is 4. The third-order valence-corrected chi connectivity index (χ3v) is 4.88. The van der Waals surface area contributed by atoms with Crippen LogP contribution in [-0.4, -0.2) is 34.0 Å². The molecule has 0 N–H and O–H groups in total. The topological polar surface area (TPSA) is 43.6 Å². The second-order valence-electron chi connectivity index (χ2n) is 5.10. The SMILES string of the molecule is COC(=O)c1cccc2cnc(CC3CCSCC3)n12. The Morgan fingerprint density at radius 3 is 3.00 bits per heavy atom. The first kappa shape index (κ1) is 13.5. The van der Waals surface area contributed by atoms with Crippen molar-refractivity contribution in [3.8, 4) is 0 Å². The minimum absolute atomic E-state index is 0.311. The van der Waals surface area contributed by atoms with Gasteiger partial charge in [0, 0.05) is 6.42 Å². The lowest BCUT2D eigenvalue weighted by Crippen LogP contribution is -2.16. The lowest BCUT2D eigenvalue weighted by Gasteiger charge is -2.20. The predicted octanol–water partition coefficient (Wildman–Crippen LogP) is 2.81. The minimum atomic E-state index is -0.311. The van der Waals surface area contributed by atoms with E-state index < -0.39 is 0 Å². The van der Waals surface area contributed by atoms with Crippen LogP contribution in [0.15, 0.2) is 24.4 Å². The van der Waals surface area contributed by atoms with Gasteiger partial charge in [-0.2, -0.15) is 11.8 Å². The fourth-order valence-electron chi connectivity index (χ4n) is 2.73. The largest absolute Gasteiger partial charge is 0.464 e. The molecule has 2 aromatic rings. The number of imidazole rings is 1. The number of pyridine rings is 1. The molecule has 1 aliphatic rings. The molecule has 0 aliphatic carbocycles. The van der Waals surface area contributed by atoms with Gasteiger partial charge in [-0.3, -0.25) is 4.40 Å².